The van der Waals surface area contributed by atoms with Gasteiger partial charge in [0.1, 0.15) is 11.9 Å². The number of nitrogens with one attached hydrogen (secondary N) is 3. The van der Waals surface area contributed by atoms with E-state index < -0.39 is 11.9 Å². The fourth-order valence-electron chi connectivity index (χ4n) is 7.11. The summed E-state index contributed by atoms with van der Waals surface area (Å²) in [6.45, 7) is 4.00. The molecule has 0 spiro atoms. The van der Waals surface area contributed by atoms with Gasteiger partial charge in [-0.2, -0.15) is 0 Å². The molecule has 2 aliphatic rings. The van der Waals surface area contributed by atoms with E-state index in [2.05, 4.69) is 93.5 Å². The maximum absolute atomic E-state index is 11.9. The zero-order valence-electron chi connectivity index (χ0n) is 27.7. The lowest BCUT2D eigenvalue weighted by atomic mass is 9.83. The molecule has 5 aromatic rings. The van der Waals surface area contributed by atoms with Gasteiger partial charge in [-0.1, -0.05) is 67.6 Å². The number of fused-ring (bicyclic) bond motifs is 2. The minimum Gasteiger partial charge on any atom is -0.485 e. The lowest BCUT2D eigenvalue weighted by Crippen LogP contribution is -2.34. The minimum absolute atomic E-state index is 0.0262. The Morgan fingerprint density at radius 2 is 1.54 bits per heavy atom. The number of carboxylic acids is 2. The van der Waals surface area contributed by atoms with Crippen LogP contribution in [0.15, 0.2) is 104 Å². The summed E-state index contributed by atoms with van der Waals surface area (Å²) < 4.78 is 6.84. The molecule has 2 aromatic heterocycles. The molecular formula is C40H39N5O5. The van der Waals surface area contributed by atoms with Gasteiger partial charge in [-0.15, -0.1) is 0 Å². The third-order valence-electron chi connectivity index (χ3n) is 9.89. The van der Waals surface area contributed by atoms with Crippen LogP contribution in [-0.2, 0) is 6.42 Å². The highest BCUT2D eigenvalue weighted by atomic mass is 16.5. The van der Waals surface area contributed by atoms with Gasteiger partial charge in [0, 0.05) is 43.4 Å². The topological polar surface area (TPSA) is 146 Å². The Hall–Kier alpha value is -5.74. The summed E-state index contributed by atoms with van der Waals surface area (Å²) in [6.07, 6.45) is 7.39. The highest BCUT2D eigenvalue weighted by Crippen LogP contribution is 2.44. The van der Waals surface area contributed by atoms with Gasteiger partial charge in [0.25, 0.3) is 0 Å². The van der Waals surface area contributed by atoms with E-state index in [0.29, 0.717) is 30.9 Å². The van der Waals surface area contributed by atoms with E-state index in [9.17, 15) is 19.8 Å². The first kappa shape index (κ1) is 32.8. The lowest BCUT2D eigenvalue weighted by molar-refractivity contribution is 0.0687. The van der Waals surface area contributed by atoms with Crippen LogP contribution in [0.4, 0.5) is 11.4 Å². The van der Waals surface area contributed by atoms with Crippen LogP contribution in [0.5, 0.6) is 5.75 Å². The number of aromatic carboxylic acids is 2. The van der Waals surface area contributed by atoms with Crippen LogP contribution in [0.1, 0.15) is 91.4 Å². The molecule has 3 aromatic carbocycles. The quantitative estimate of drug-likeness (QED) is 0.0993. The fraction of sp³-hybridized carbons (Fsp3) is 0.250. The second-order valence-corrected chi connectivity index (χ2v) is 12.9. The van der Waals surface area contributed by atoms with E-state index in [1.807, 2.05) is 6.07 Å². The van der Waals surface area contributed by atoms with Crippen molar-refractivity contribution in [1.29, 1.82) is 0 Å². The number of carboxylic acid groups (broad SMARTS) is 2. The molecule has 2 aliphatic heterocycles. The van der Waals surface area contributed by atoms with Crippen LogP contribution >= 0.6 is 0 Å². The number of nitrogens with zero attached hydrogens (tertiary/aromatic N) is 2. The first-order valence-corrected chi connectivity index (χ1v) is 16.9. The minimum atomic E-state index is -1.01. The van der Waals surface area contributed by atoms with E-state index in [1.165, 1.54) is 35.7 Å². The molecule has 7 rings (SSSR count). The van der Waals surface area contributed by atoms with Crippen molar-refractivity contribution < 1.29 is 24.5 Å². The zero-order valence-corrected chi connectivity index (χ0v) is 27.7. The number of hydrogen-bond donors (Lipinski definition) is 5. The summed E-state index contributed by atoms with van der Waals surface area (Å²) in [5, 5.41) is 29.7. The average Bonchev–Trinajstić information content (AvgIpc) is 3.15. The van der Waals surface area contributed by atoms with Gasteiger partial charge in [0.15, 0.2) is 0 Å². The molecule has 50 heavy (non-hydrogen) atoms. The van der Waals surface area contributed by atoms with Gasteiger partial charge in [-0.3, -0.25) is 9.97 Å². The number of anilines is 2. The van der Waals surface area contributed by atoms with Crippen molar-refractivity contribution in [3.63, 3.8) is 0 Å². The normalized spacial score (nSPS) is 18.5. The smallest absolute Gasteiger partial charge is 0.337 e. The molecule has 0 radical (unpaired) electrons. The van der Waals surface area contributed by atoms with E-state index in [0.717, 1.165) is 41.0 Å². The Labute approximate surface area is 290 Å². The van der Waals surface area contributed by atoms with Crippen LogP contribution in [0.3, 0.4) is 0 Å². The van der Waals surface area contributed by atoms with Crippen LogP contribution in [0.2, 0.25) is 0 Å². The van der Waals surface area contributed by atoms with Crippen LogP contribution in [-0.4, -0.2) is 51.8 Å². The number of hydrogen-bond acceptors (Lipinski definition) is 8. The second-order valence-electron chi connectivity index (χ2n) is 12.9. The van der Waals surface area contributed by atoms with Crippen molar-refractivity contribution in [3.8, 4) is 5.75 Å². The van der Waals surface area contributed by atoms with Crippen molar-refractivity contribution in [3.05, 3.63) is 148 Å². The Morgan fingerprint density at radius 1 is 0.840 bits per heavy atom. The molecule has 0 fully saturated rings. The number of rotatable bonds is 11. The highest BCUT2D eigenvalue weighted by Gasteiger charge is 2.32. The Bertz CT molecular complexity index is 2020. The monoisotopic (exact) mass is 669 g/mol. The molecule has 0 saturated heterocycles. The van der Waals surface area contributed by atoms with Gasteiger partial charge in [-0.25, -0.2) is 9.59 Å². The van der Waals surface area contributed by atoms with Crippen LogP contribution < -0.4 is 20.7 Å². The van der Waals surface area contributed by atoms with E-state index in [-0.39, 0.29) is 35.1 Å². The van der Waals surface area contributed by atoms with Gasteiger partial charge >= 0.3 is 11.9 Å². The van der Waals surface area contributed by atoms with Gasteiger partial charge in [0.05, 0.1) is 34.9 Å². The fourth-order valence-corrected chi connectivity index (χ4v) is 7.11. The standard InChI is InChI=1S/C40H39N5O5/c1-24(25-5-3-2-4-6-25)27-9-10-30-29(20-44-34-21-41-14-12-31(34)39(46)47)19-37(50-38(30)18-27)28-8-7-26-11-16-43-36(33(26)17-28)23-45-35-22-42-15-13-32(35)40(48)49/h2-10,12-15,17-18,21-22,24,29,36-37,43-45H,11,16,19-20,23H2,1H3,(H,46,47)(H,48,49)/t24?,29-,36?,37?/m0/s1. The van der Waals surface area contributed by atoms with E-state index >= 15 is 0 Å². The Kier molecular flexibility index (Phi) is 9.44. The van der Waals surface area contributed by atoms with Crippen LogP contribution in [0.25, 0.3) is 0 Å². The molecule has 3 unspecified atom stereocenters. The highest BCUT2D eigenvalue weighted by molar-refractivity contribution is 5.94. The van der Waals surface area contributed by atoms with Crippen molar-refractivity contribution in [2.75, 3.05) is 30.3 Å². The Balaban J connectivity index is 1.19. The molecule has 5 N–H and O–H groups in total. The first-order chi connectivity index (χ1) is 24.4. The molecule has 4 atom stereocenters. The molecule has 254 valence electrons. The molecule has 0 amide bonds. The molecule has 0 bridgehead atoms. The van der Waals surface area contributed by atoms with Gasteiger partial charge in [-0.05, 0) is 71.0 Å². The number of carbonyl (C=O) groups is 2. The lowest BCUT2D eigenvalue weighted by Gasteiger charge is -2.35. The largest absolute Gasteiger partial charge is 0.485 e. The van der Waals surface area contributed by atoms with Crippen molar-refractivity contribution in [1.82, 2.24) is 15.3 Å². The molecular weight excluding hydrogens is 630 g/mol. The molecule has 10 heteroatoms. The van der Waals surface area contributed by atoms with E-state index in [1.54, 1.807) is 12.4 Å². The van der Waals surface area contributed by atoms with Crippen molar-refractivity contribution in [2.45, 2.75) is 43.7 Å². The second kappa shape index (κ2) is 14.4. The van der Waals surface area contributed by atoms with Crippen molar-refractivity contribution >= 4 is 23.3 Å². The van der Waals surface area contributed by atoms with Crippen molar-refractivity contribution in [2.24, 2.45) is 0 Å². The molecule has 10 nitrogen and oxygen atoms in total. The molecule has 4 heterocycles. The summed E-state index contributed by atoms with van der Waals surface area (Å²) in [7, 11) is 0. The number of aromatic nitrogens is 2. The predicted octanol–water partition coefficient (Wildman–Crippen LogP) is 7.04. The first-order valence-electron chi connectivity index (χ1n) is 16.9. The maximum Gasteiger partial charge on any atom is 0.337 e. The predicted molar refractivity (Wildman–Crippen MR) is 191 cm³/mol. The third-order valence-corrected chi connectivity index (χ3v) is 9.89. The number of benzene rings is 3. The number of pyridine rings is 2. The summed E-state index contributed by atoms with van der Waals surface area (Å²) in [6, 6.07) is 26.4. The zero-order chi connectivity index (χ0) is 34.6. The summed E-state index contributed by atoms with van der Waals surface area (Å²) in [4.78, 5) is 32.0. The van der Waals surface area contributed by atoms with Gasteiger partial charge < -0.3 is 30.9 Å². The van der Waals surface area contributed by atoms with Gasteiger partial charge in [0.2, 0.25) is 0 Å². The van der Waals surface area contributed by atoms with Crippen LogP contribution in [0, 0.1) is 0 Å². The Morgan fingerprint density at radius 3 is 2.24 bits per heavy atom. The summed E-state index contributed by atoms with van der Waals surface area (Å²) in [5.74, 6) is -0.991. The maximum atomic E-state index is 11.9. The molecule has 0 aliphatic carbocycles. The molecule has 0 saturated carbocycles. The summed E-state index contributed by atoms with van der Waals surface area (Å²) in [5.41, 5.74) is 8.22. The third kappa shape index (κ3) is 6.88. The summed E-state index contributed by atoms with van der Waals surface area (Å²) >= 11 is 0. The van der Waals surface area contributed by atoms with E-state index in [4.69, 9.17) is 4.74 Å². The number of ether oxygens (including phenoxy) is 1. The average molecular weight is 670 g/mol. The SMILES string of the molecule is CC(c1ccccc1)c1ccc2c(c1)OC(c1ccc3c(c1)C(CNc1cnccc1C(=O)O)NCC3)C[C@H]2CNc1cnccc1C(=O)O.